The van der Waals surface area contributed by atoms with Crippen LogP contribution in [0.15, 0.2) is 34.7 Å². The van der Waals surface area contributed by atoms with E-state index >= 15 is 0 Å². The van der Waals surface area contributed by atoms with Gasteiger partial charge in [0.2, 0.25) is 0 Å². The smallest absolute Gasteiger partial charge is 0.322 e. The maximum Gasteiger partial charge on any atom is 0.322 e. The van der Waals surface area contributed by atoms with E-state index in [0.717, 1.165) is 10.1 Å². The molecule has 0 radical (unpaired) electrons. The second kappa shape index (κ2) is 6.59. The number of carbonyl (C=O) groups is 1. The largest absolute Gasteiger partial charge is 0.403 e. The van der Waals surface area contributed by atoms with Crippen LogP contribution in [0.25, 0.3) is 21.5 Å². The van der Waals surface area contributed by atoms with E-state index in [-0.39, 0.29) is 11.9 Å². The van der Waals surface area contributed by atoms with E-state index in [0.29, 0.717) is 24.1 Å². The zero-order valence-corrected chi connectivity index (χ0v) is 15.9. The van der Waals surface area contributed by atoms with Crippen LogP contribution in [0.3, 0.4) is 0 Å². The Bertz CT molecular complexity index is 1100. The van der Waals surface area contributed by atoms with Crippen molar-refractivity contribution in [3.05, 3.63) is 48.9 Å². The van der Waals surface area contributed by atoms with E-state index in [9.17, 15) is 4.79 Å². The number of nitrogens with one attached hydrogen (secondary N) is 1. The van der Waals surface area contributed by atoms with Crippen LogP contribution < -0.4 is 5.32 Å². The maximum atomic E-state index is 12.5. The molecule has 3 aromatic heterocycles. The van der Waals surface area contributed by atoms with Crippen molar-refractivity contribution in [2.24, 2.45) is 0 Å². The minimum atomic E-state index is -0.421. The second-order valence-electron chi connectivity index (χ2n) is 4.85. The van der Waals surface area contributed by atoms with Crippen molar-refractivity contribution in [3.8, 4) is 11.5 Å². The van der Waals surface area contributed by atoms with Gasteiger partial charge in [-0.2, -0.15) is 0 Å². The van der Waals surface area contributed by atoms with Crippen molar-refractivity contribution in [1.82, 2.24) is 10.2 Å². The van der Waals surface area contributed by atoms with Crippen molar-refractivity contribution in [2.45, 2.75) is 0 Å². The summed E-state index contributed by atoms with van der Waals surface area (Å²) in [7, 11) is 0. The average Bonchev–Trinajstić information content (AvgIpc) is 3.26. The van der Waals surface area contributed by atoms with E-state index in [1.165, 1.54) is 22.7 Å². The van der Waals surface area contributed by atoms with Crippen LogP contribution >= 0.6 is 57.5 Å². The first-order valence-corrected chi connectivity index (χ1v) is 9.56. The number of anilines is 1. The van der Waals surface area contributed by atoms with E-state index in [4.69, 9.17) is 39.2 Å². The number of rotatable bonds is 3. The standard InChI is InChI=1S/C15H6Cl3N3O2S2/c16-9-5-7(12(18)25-9)14-20-21-15(23-14)19-13(22)11-10(17)6-3-1-2-4-8(6)24-11/h1-5H,(H,19,21,22). The van der Waals surface area contributed by atoms with Gasteiger partial charge in [0.25, 0.3) is 11.8 Å². The molecule has 1 N–H and O–H groups in total. The summed E-state index contributed by atoms with van der Waals surface area (Å²) in [6.45, 7) is 0. The van der Waals surface area contributed by atoms with E-state index < -0.39 is 5.91 Å². The van der Waals surface area contributed by atoms with Crippen molar-refractivity contribution in [3.63, 3.8) is 0 Å². The van der Waals surface area contributed by atoms with Gasteiger partial charge in [-0.05, 0) is 12.1 Å². The molecular weight excluding hydrogens is 425 g/mol. The lowest BCUT2D eigenvalue weighted by Gasteiger charge is -1.97. The van der Waals surface area contributed by atoms with Gasteiger partial charge in [0.1, 0.15) is 9.21 Å². The molecule has 25 heavy (non-hydrogen) atoms. The first kappa shape index (κ1) is 16.8. The fourth-order valence-electron chi connectivity index (χ4n) is 2.18. The molecule has 0 atom stereocenters. The van der Waals surface area contributed by atoms with Crippen molar-refractivity contribution < 1.29 is 9.21 Å². The maximum absolute atomic E-state index is 12.5. The summed E-state index contributed by atoms with van der Waals surface area (Å²) >= 11 is 20.7. The second-order valence-corrected chi connectivity index (χ2v) is 8.56. The van der Waals surface area contributed by atoms with Crippen LogP contribution in [0.2, 0.25) is 13.7 Å². The Morgan fingerprint density at radius 1 is 1.12 bits per heavy atom. The number of thiophene rings is 2. The lowest BCUT2D eigenvalue weighted by atomic mass is 10.2. The monoisotopic (exact) mass is 429 g/mol. The highest BCUT2D eigenvalue weighted by molar-refractivity contribution is 7.21. The molecule has 10 heteroatoms. The van der Waals surface area contributed by atoms with Gasteiger partial charge in [0, 0.05) is 10.1 Å². The SMILES string of the molecule is O=C(Nc1nnc(-c2cc(Cl)sc2Cl)o1)c1sc2ccccc2c1Cl. The molecule has 3 heterocycles. The first-order valence-electron chi connectivity index (χ1n) is 6.80. The summed E-state index contributed by atoms with van der Waals surface area (Å²) in [6, 6.07) is 9.08. The lowest BCUT2D eigenvalue weighted by molar-refractivity contribution is 0.102. The van der Waals surface area contributed by atoms with Gasteiger partial charge in [-0.1, -0.05) is 58.1 Å². The summed E-state index contributed by atoms with van der Waals surface area (Å²) in [4.78, 5) is 12.8. The molecule has 126 valence electrons. The molecule has 0 aliphatic carbocycles. The number of hydrogen-bond acceptors (Lipinski definition) is 6. The van der Waals surface area contributed by atoms with Gasteiger partial charge in [0.05, 0.1) is 14.9 Å². The zero-order valence-electron chi connectivity index (χ0n) is 12.0. The Morgan fingerprint density at radius 2 is 1.92 bits per heavy atom. The predicted octanol–water partition coefficient (Wildman–Crippen LogP) is 6.23. The molecule has 4 aromatic rings. The molecule has 0 aliphatic heterocycles. The lowest BCUT2D eigenvalue weighted by Crippen LogP contribution is -2.10. The Balaban J connectivity index is 1.61. The molecule has 1 amide bonds. The minimum Gasteiger partial charge on any atom is -0.403 e. The minimum absolute atomic E-state index is 0.0492. The average molecular weight is 431 g/mol. The number of halogens is 3. The molecule has 1 aromatic carbocycles. The zero-order chi connectivity index (χ0) is 17.6. The van der Waals surface area contributed by atoms with Crippen molar-refractivity contribution in [1.29, 1.82) is 0 Å². The molecule has 0 bridgehead atoms. The van der Waals surface area contributed by atoms with Gasteiger partial charge >= 0.3 is 6.01 Å². The topological polar surface area (TPSA) is 68.0 Å². The highest BCUT2D eigenvalue weighted by Gasteiger charge is 2.20. The van der Waals surface area contributed by atoms with E-state index in [1.807, 2.05) is 24.3 Å². The molecule has 0 fully saturated rings. The fourth-order valence-corrected chi connectivity index (χ4v) is 5.04. The number of nitrogens with zero attached hydrogens (tertiary/aromatic N) is 2. The molecule has 0 spiro atoms. The third kappa shape index (κ3) is 3.14. The molecule has 0 unspecified atom stereocenters. The van der Waals surface area contributed by atoms with Gasteiger partial charge < -0.3 is 4.42 Å². The van der Waals surface area contributed by atoms with Crippen LogP contribution in [-0.4, -0.2) is 16.1 Å². The molecule has 0 saturated heterocycles. The number of hydrogen-bond donors (Lipinski definition) is 1. The van der Waals surface area contributed by atoms with Crippen LogP contribution in [0.4, 0.5) is 6.01 Å². The van der Waals surface area contributed by atoms with Gasteiger partial charge in [-0.3, -0.25) is 10.1 Å². The quantitative estimate of drug-likeness (QED) is 0.418. The summed E-state index contributed by atoms with van der Waals surface area (Å²) in [5.74, 6) is -0.248. The number of aromatic nitrogens is 2. The summed E-state index contributed by atoms with van der Waals surface area (Å²) in [5.41, 5.74) is 0.518. The third-order valence-electron chi connectivity index (χ3n) is 3.27. The van der Waals surface area contributed by atoms with Gasteiger partial charge in [0.15, 0.2) is 0 Å². The molecular formula is C15H6Cl3N3O2S2. The Morgan fingerprint density at radius 3 is 2.64 bits per heavy atom. The van der Waals surface area contributed by atoms with Gasteiger partial charge in [-0.15, -0.1) is 27.8 Å². The Hall–Kier alpha value is -1.64. The van der Waals surface area contributed by atoms with Crippen LogP contribution in [0.5, 0.6) is 0 Å². The molecule has 0 aliphatic rings. The van der Waals surface area contributed by atoms with Crippen molar-refractivity contribution in [2.75, 3.05) is 5.32 Å². The highest BCUT2D eigenvalue weighted by atomic mass is 35.5. The van der Waals surface area contributed by atoms with Gasteiger partial charge in [-0.25, -0.2) is 0 Å². The van der Waals surface area contributed by atoms with Crippen LogP contribution in [-0.2, 0) is 0 Å². The molecule has 5 nitrogen and oxygen atoms in total. The summed E-state index contributed by atoms with van der Waals surface area (Å²) in [6.07, 6.45) is 0. The number of benzene rings is 1. The van der Waals surface area contributed by atoms with Crippen molar-refractivity contribution >= 4 is 79.5 Å². The number of amides is 1. The Kier molecular flexibility index (Phi) is 4.43. The molecule has 0 saturated carbocycles. The van der Waals surface area contributed by atoms with E-state index in [1.54, 1.807) is 6.07 Å². The fraction of sp³-hybridized carbons (Fsp3) is 0. The third-order valence-corrected chi connectivity index (χ3v) is 6.44. The highest BCUT2D eigenvalue weighted by Crippen LogP contribution is 2.38. The summed E-state index contributed by atoms with van der Waals surface area (Å²) < 4.78 is 7.29. The normalized spacial score (nSPS) is 11.2. The number of fused-ring (bicyclic) bond motifs is 1. The van der Waals surface area contributed by atoms with E-state index in [2.05, 4.69) is 15.5 Å². The number of carbonyl (C=O) groups excluding carboxylic acids is 1. The molecule has 4 rings (SSSR count). The van der Waals surface area contributed by atoms with Crippen LogP contribution in [0.1, 0.15) is 9.67 Å². The summed E-state index contributed by atoms with van der Waals surface area (Å²) in [5, 5.41) is 11.5. The predicted molar refractivity (Wildman–Crippen MR) is 102 cm³/mol. The van der Waals surface area contributed by atoms with Crippen LogP contribution in [0, 0.1) is 0 Å². The Labute approximate surface area is 164 Å². The first-order chi connectivity index (χ1) is 12.0.